The highest BCUT2D eigenvalue weighted by atomic mass is 16.5. The fourth-order valence-corrected chi connectivity index (χ4v) is 2.61. The van der Waals surface area contributed by atoms with E-state index in [4.69, 9.17) is 4.74 Å². The normalized spacial score (nSPS) is 20.6. The molecule has 1 heterocycles. The standard InChI is InChI=1S/C16H35N5O/c1-6-16(20(4)15(2)7-12-22-5)18-13-17-14-21-10-8-19(3)9-11-21/h13,15-16H,6-12,14H2,1-5H3,(H,17,18). The summed E-state index contributed by atoms with van der Waals surface area (Å²) in [6.07, 6.45) is 4.30. The second kappa shape index (κ2) is 10.9. The van der Waals surface area contributed by atoms with Crippen molar-refractivity contribution in [2.75, 3.05) is 60.7 Å². The van der Waals surface area contributed by atoms with Crippen LogP contribution in [0.25, 0.3) is 0 Å². The minimum absolute atomic E-state index is 0.322. The van der Waals surface area contributed by atoms with E-state index >= 15 is 0 Å². The van der Waals surface area contributed by atoms with Crippen LogP contribution in [-0.2, 0) is 4.74 Å². The molecule has 2 atom stereocenters. The second-order valence-corrected chi connectivity index (χ2v) is 6.26. The van der Waals surface area contributed by atoms with Crippen LogP contribution in [-0.4, -0.2) is 93.9 Å². The van der Waals surface area contributed by atoms with Crippen LogP contribution in [0.2, 0.25) is 0 Å². The van der Waals surface area contributed by atoms with Gasteiger partial charge in [-0.15, -0.1) is 0 Å². The fourth-order valence-electron chi connectivity index (χ4n) is 2.61. The van der Waals surface area contributed by atoms with Gasteiger partial charge in [-0.1, -0.05) is 6.92 Å². The third-order valence-electron chi connectivity index (χ3n) is 4.55. The molecule has 1 rings (SSSR count). The van der Waals surface area contributed by atoms with Crippen molar-refractivity contribution in [1.29, 1.82) is 0 Å². The predicted octanol–water partition coefficient (Wildman–Crippen LogP) is 0.902. The first-order valence-electron chi connectivity index (χ1n) is 8.44. The first-order valence-corrected chi connectivity index (χ1v) is 8.44. The Labute approximate surface area is 136 Å². The lowest BCUT2D eigenvalue weighted by Crippen LogP contribution is -2.47. The van der Waals surface area contributed by atoms with Gasteiger partial charge in [0.05, 0.1) is 19.2 Å². The number of rotatable bonds is 10. The van der Waals surface area contributed by atoms with Gasteiger partial charge >= 0.3 is 0 Å². The maximum atomic E-state index is 5.17. The Morgan fingerprint density at radius 2 is 2.00 bits per heavy atom. The van der Waals surface area contributed by atoms with Crippen molar-refractivity contribution in [3.63, 3.8) is 0 Å². The van der Waals surface area contributed by atoms with Crippen LogP contribution in [0.15, 0.2) is 4.99 Å². The minimum Gasteiger partial charge on any atom is -0.385 e. The van der Waals surface area contributed by atoms with Gasteiger partial charge < -0.3 is 15.0 Å². The molecular weight excluding hydrogens is 278 g/mol. The topological polar surface area (TPSA) is 43.3 Å². The maximum Gasteiger partial charge on any atom is 0.0927 e. The zero-order valence-electron chi connectivity index (χ0n) is 15.1. The average Bonchev–Trinajstić information content (AvgIpc) is 2.53. The van der Waals surface area contributed by atoms with Crippen molar-refractivity contribution < 1.29 is 4.74 Å². The summed E-state index contributed by atoms with van der Waals surface area (Å²) >= 11 is 0. The zero-order valence-corrected chi connectivity index (χ0v) is 15.1. The summed E-state index contributed by atoms with van der Waals surface area (Å²) in [6.45, 7) is 10.5. The number of nitrogens with one attached hydrogen (secondary N) is 1. The van der Waals surface area contributed by atoms with Crippen molar-refractivity contribution >= 4 is 6.34 Å². The van der Waals surface area contributed by atoms with E-state index in [2.05, 4.69) is 53.0 Å². The van der Waals surface area contributed by atoms with Crippen LogP contribution < -0.4 is 5.32 Å². The zero-order chi connectivity index (χ0) is 16.4. The van der Waals surface area contributed by atoms with Crippen LogP contribution in [0, 0.1) is 0 Å². The van der Waals surface area contributed by atoms with Crippen molar-refractivity contribution in [1.82, 2.24) is 20.0 Å². The van der Waals surface area contributed by atoms with Crippen molar-refractivity contribution in [3.05, 3.63) is 0 Å². The summed E-state index contributed by atoms with van der Waals surface area (Å²) in [4.78, 5) is 11.6. The highest BCUT2D eigenvalue weighted by molar-refractivity contribution is 5.54. The largest absolute Gasteiger partial charge is 0.385 e. The van der Waals surface area contributed by atoms with Crippen molar-refractivity contribution in [3.8, 4) is 0 Å². The van der Waals surface area contributed by atoms with E-state index in [1.54, 1.807) is 7.11 Å². The van der Waals surface area contributed by atoms with Crippen molar-refractivity contribution in [2.45, 2.75) is 38.9 Å². The Morgan fingerprint density at radius 1 is 1.32 bits per heavy atom. The second-order valence-electron chi connectivity index (χ2n) is 6.26. The summed E-state index contributed by atoms with van der Waals surface area (Å²) in [5.74, 6) is 0. The molecule has 0 aromatic heterocycles. The summed E-state index contributed by atoms with van der Waals surface area (Å²) in [7, 11) is 6.09. The van der Waals surface area contributed by atoms with Gasteiger partial charge in [0.15, 0.2) is 0 Å². The molecule has 0 aliphatic carbocycles. The number of aliphatic imine (C=N–C) groups is 1. The Kier molecular flexibility index (Phi) is 9.63. The average molecular weight is 313 g/mol. The Morgan fingerprint density at radius 3 is 2.59 bits per heavy atom. The molecule has 0 spiro atoms. The predicted molar refractivity (Wildman–Crippen MR) is 93.4 cm³/mol. The summed E-state index contributed by atoms with van der Waals surface area (Å²) < 4.78 is 5.17. The third-order valence-corrected chi connectivity index (χ3v) is 4.55. The molecule has 1 saturated heterocycles. The van der Waals surface area contributed by atoms with Gasteiger partial charge in [-0.25, -0.2) is 0 Å². The summed E-state index contributed by atoms with van der Waals surface area (Å²) in [5.41, 5.74) is 0. The van der Waals surface area contributed by atoms with Gasteiger partial charge in [0.1, 0.15) is 0 Å². The van der Waals surface area contributed by atoms with Gasteiger partial charge in [0.2, 0.25) is 0 Å². The molecule has 0 aromatic rings. The molecule has 6 nitrogen and oxygen atoms in total. The Balaban J connectivity index is 2.28. The fraction of sp³-hybridized carbons (Fsp3) is 0.938. The van der Waals surface area contributed by atoms with Gasteiger partial charge in [0, 0.05) is 45.9 Å². The molecule has 1 N–H and O–H groups in total. The van der Waals surface area contributed by atoms with E-state index in [1.165, 1.54) is 0 Å². The molecule has 1 aliphatic rings. The SMILES string of the molecule is CCC(NC=NCN1CCN(C)CC1)N(C)C(C)CCOC. The molecule has 0 aromatic carbocycles. The monoisotopic (exact) mass is 313 g/mol. The van der Waals surface area contributed by atoms with Gasteiger partial charge in [0.25, 0.3) is 0 Å². The van der Waals surface area contributed by atoms with Crippen LogP contribution in [0.1, 0.15) is 26.7 Å². The van der Waals surface area contributed by atoms with Gasteiger partial charge in [-0.3, -0.25) is 14.8 Å². The molecule has 0 bridgehead atoms. The smallest absolute Gasteiger partial charge is 0.0927 e. The Hall–Kier alpha value is -0.690. The minimum atomic E-state index is 0.322. The molecule has 1 aliphatic heterocycles. The highest BCUT2D eigenvalue weighted by Gasteiger charge is 2.17. The van der Waals surface area contributed by atoms with Gasteiger partial charge in [-0.2, -0.15) is 0 Å². The number of ether oxygens (including phenoxy) is 1. The third kappa shape index (κ3) is 7.05. The summed E-state index contributed by atoms with van der Waals surface area (Å²) in [6, 6.07) is 0.489. The number of piperazine rings is 1. The van der Waals surface area contributed by atoms with E-state index in [9.17, 15) is 0 Å². The molecule has 0 saturated carbocycles. The van der Waals surface area contributed by atoms with E-state index < -0.39 is 0 Å². The number of hydrogen-bond donors (Lipinski definition) is 1. The molecule has 22 heavy (non-hydrogen) atoms. The van der Waals surface area contributed by atoms with E-state index in [-0.39, 0.29) is 0 Å². The van der Waals surface area contributed by atoms with Crippen LogP contribution in [0.3, 0.4) is 0 Å². The Bertz CT molecular complexity index is 305. The van der Waals surface area contributed by atoms with Crippen LogP contribution >= 0.6 is 0 Å². The molecule has 0 amide bonds. The first kappa shape index (κ1) is 19.4. The number of likely N-dealkylation sites (N-methyl/N-ethyl adjacent to an activating group) is 1. The van der Waals surface area contributed by atoms with Crippen molar-refractivity contribution in [2.24, 2.45) is 4.99 Å². The molecular formula is C16H35N5O. The highest BCUT2D eigenvalue weighted by Crippen LogP contribution is 2.07. The van der Waals surface area contributed by atoms with Crippen LogP contribution in [0.5, 0.6) is 0 Å². The quantitative estimate of drug-likeness (QED) is 0.369. The number of nitrogens with zero attached hydrogens (tertiary/aromatic N) is 4. The van der Waals surface area contributed by atoms with Crippen LogP contribution in [0.4, 0.5) is 0 Å². The number of hydrogen-bond acceptors (Lipinski definition) is 5. The summed E-state index contributed by atoms with van der Waals surface area (Å²) in [5, 5.41) is 3.43. The first-order chi connectivity index (χ1) is 10.6. The lowest BCUT2D eigenvalue weighted by atomic mass is 10.2. The van der Waals surface area contributed by atoms with Gasteiger partial charge in [-0.05, 0) is 33.9 Å². The lowest BCUT2D eigenvalue weighted by molar-refractivity contribution is 0.119. The molecule has 6 heteroatoms. The maximum absolute atomic E-state index is 5.17. The van der Waals surface area contributed by atoms with E-state index in [0.717, 1.165) is 52.3 Å². The number of methoxy groups -OCH3 is 1. The van der Waals surface area contributed by atoms with E-state index in [1.807, 2.05) is 6.34 Å². The lowest BCUT2D eigenvalue weighted by Gasteiger charge is -2.33. The molecule has 2 unspecified atom stereocenters. The molecule has 0 radical (unpaired) electrons. The van der Waals surface area contributed by atoms with E-state index in [0.29, 0.717) is 12.2 Å². The molecule has 1 fully saturated rings. The molecule has 130 valence electrons.